The van der Waals surface area contributed by atoms with Crippen molar-refractivity contribution in [3.8, 4) is 0 Å². The normalized spacial score (nSPS) is 10.8. The topological polar surface area (TPSA) is 40.7 Å². The van der Waals surface area contributed by atoms with Crippen LogP contribution in [0.4, 0.5) is 20.2 Å². The summed E-state index contributed by atoms with van der Waals surface area (Å²) in [6.45, 7) is 0. The smallest absolute Gasteiger partial charge is 0.128 e. The van der Waals surface area contributed by atoms with Crippen LogP contribution in [-0.2, 0) is 0 Å². The summed E-state index contributed by atoms with van der Waals surface area (Å²) >= 11 is 0. The SMILES string of the molecule is Fc1cc(F)cc(Nc2cnc3cc[nH]c3c2)c1. The van der Waals surface area contributed by atoms with E-state index in [1.807, 2.05) is 12.1 Å². The molecule has 3 rings (SSSR count). The molecule has 18 heavy (non-hydrogen) atoms. The Hall–Kier alpha value is -2.43. The molecule has 3 aromatic rings. The maximum Gasteiger partial charge on any atom is 0.128 e. The molecule has 0 aliphatic carbocycles. The van der Waals surface area contributed by atoms with Gasteiger partial charge in [0, 0.05) is 18.0 Å². The van der Waals surface area contributed by atoms with Gasteiger partial charge in [0.2, 0.25) is 0 Å². The molecular weight excluding hydrogens is 236 g/mol. The summed E-state index contributed by atoms with van der Waals surface area (Å²) < 4.78 is 26.1. The van der Waals surface area contributed by atoms with Crippen LogP contribution in [0.1, 0.15) is 0 Å². The van der Waals surface area contributed by atoms with E-state index in [4.69, 9.17) is 0 Å². The molecule has 2 heterocycles. The van der Waals surface area contributed by atoms with Crippen LogP contribution in [0.25, 0.3) is 11.0 Å². The maximum absolute atomic E-state index is 13.0. The van der Waals surface area contributed by atoms with E-state index in [1.54, 1.807) is 12.4 Å². The zero-order valence-electron chi connectivity index (χ0n) is 9.24. The highest BCUT2D eigenvalue weighted by Crippen LogP contribution is 2.21. The molecule has 0 atom stereocenters. The average Bonchev–Trinajstić information content (AvgIpc) is 2.74. The number of aromatic amines is 1. The predicted molar refractivity (Wildman–Crippen MR) is 65.7 cm³/mol. The van der Waals surface area contributed by atoms with Crippen molar-refractivity contribution in [3.63, 3.8) is 0 Å². The molecule has 5 heteroatoms. The van der Waals surface area contributed by atoms with Gasteiger partial charge in [-0.3, -0.25) is 4.98 Å². The van der Waals surface area contributed by atoms with Gasteiger partial charge >= 0.3 is 0 Å². The van der Waals surface area contributed by atoms with Crippen LogP contribution in [-0.4, -0.2) is 9.97 Å². The van der Waals surface area contributed by atoms with Crippen molar-refractivity contribution in [2.45, 2.75) is 0 Å². The summed E-state index contributed by atoms with van der Waals surface area (Å²) in [6.07, 6.45) is 3.39. The van der Waals surface area contributed by atoms with E-state index in [9.17, 15) is 8.78 Å². The number of halogens is 2. The predicted octanol–water partition coefficient (Wildman–Crippen LogP) is 3.58. The van der Waals surface area contributed by atoms with E-state index in [-0.39, 0.29) is 0 Å². The Morgan fingerprint density at radius 2 is 1.78 bits per heavy atom. The van der Waals surface area contributed by atoms with Crippen molar-refractivity contribution in [3.05, 3.63) is 54.4 Å². The van der Waals surface area contributed by atoms with Crippen molar-refractivity contribution in [2.24, 2.45) is 0 Å². The fraction of sp³-hybridized carbons (Fsp3) is 0. The molecule has 0 bridgehead atoms. The lowest BCUT2D eigenvalue weighted by molar-refractivity contribution is 0.584. The molecule has 0 unspecified atom stereocenters. The number of benzene rings is 1. The van der Waals surface area contributed by atoms with E-state index in [2.05, 4.69) is 15.3 Å². The van der Waals surface area contributed by atoms with Crippen LogP contribution in [0, 0.1) is 11.6 Å². The zero-order valence-corrected chi connectivity index (χ0v) is 9.24. The Morgan fingerprint density at radius 1 is 1.00 bits per heavy atom. The first-order valence-electron chi connectivity index (χ1n) is 5.37. The van der Waals surface area contributed by atoms with Gasteiger partial charge in [-0.25, -0.2) is 8.78 Å². The fourth-order valence-corrected chi connectivity index (χ4v) is 1.80. The number of nitrogens with zero attached hydrogens (tertiary/aromatic N) is 1. The highest BCUT2D eigenvalue weighted by molar-refractivity contribution is 5.79. The third kappa shape index (κ3) is 2.02. The number of aromatic nitrogens is 2. The van der Waals surface area contributed by atoms with Gasteiger partial charge in [-0.2, -0.15) is 0 Å². The van der Waals surface area contributed by atoms with Crippen LogP contribution in [0.3, 0.4) is 0 Å². The molecule has 2 aromatic heterocycles. The average molecular weight is 245 g/mol. The van der Waals surface area contributed by atoms with Gasteiger partial charge < -0.3 is 10.3 Å². The first kappa shape index (κ1) is 10.7. The first-order valence-corrected chi connectivity index (χ1v) is 5.37. The molecule has 3 nitrogen and oxygen atoms in total. The minimum atomic E-state index is -0.619. The summed E-state index contributed by atoms with van der Waals surface area (Å²) in [4.78, 5) is 7.22. The lowest BCUT2D eigenvalue weighted by atomic mass is 10.2. The monoisotopic (exact) mass is 245 g/mol. The molecule has 90 valence electrons. The Kier molecular flexibility index (Phi) is 2.44. The number of pyridine rings is 1. The Bertz CT molecular complexity index is 686. The minimum absolute atomic E-state index is 0.347. The van der Waals surface area contributed by atoms with E-state index in [0.29, 0.717) is 11.4 Å². The molecule has 1 aromatic carbocycles. The number of hydrogen-bond donors (Lipinski definition) is 2. The molecule has 2 N–H and O–H groups in total. The molecule has 0 saturated carbocycles. The molecule has 0 fully saturated rings. The van der Waals surface area contributed by atoms with Crippen molar-refractivity contribution < 1.29 is 8.78 Å². The largest absolute Gasteiger partial charge is 0.360 e. The number of anilines is 2. The third-order valence-corrected chi connectivity index (χ3v) is 2.55. The molecule has 0 aliphatic rings. The van der Waals surface area contributed by atoms with Gasteiger partial charge in [0.1, 0.15) is 11.6 Å². The Morgan fingerprint density at radius 3 is 2.56 bits per heavy atom. The summed E-state index contributed by atoms with van der Waals surface area (Å²) in [7, 11) is 0. The standard InChI is InChI=1S/C13H9F2N3/c14-8-3-9(15)5-10(4-8)18-11-6-13-12(17-7-11)1-2-16-13/h1-7,16,18H. The maximum atomic E-state index is 13.0. The minimum Gasteiger partial charge on any atom is -0.360 e. The van der Waals surface area contributed by atoms with Gasteiger partial charge in [0.25, 0.3) is 0 Å². The second-order valence-electron chi connectivity index (χ2n) is 3.92. The number of fused-ring (bicyclic) bond motifs is 1. The Balaban J connectivity index is 1.95. The van der Waals surface area contributed by atoms with E-state index in [0.717, 1.165) is 17.1 Å². The molecule has 0 saturated heterocycles. The van der Waals surface area contributed by atoms with Crippen molar-refractivity contribution in [1.82, 2.24) is 9.97 Å². The van der Waals surface area contributed by atoms with Crippen LogP contribution in [0.5, 0.6) is 0 Å². The third-order valence-electron chi connectivity index (χ3n) is 2.55. The summed E-state index contributed by atoms with van der Waals surface area (Å²) in [5.74, 6) is -1.24. The summed E-state index contributed by atoms with van der Waals surface area (Å²) in [6, 6.07) is 6.95. The van der Waals surface area contributed by atoms with Gasteiger partial charge in [-0.15, -0.1) is 0 Å². The lowest BCUT2D eigenvalue weighted by Crippen LogP contribution is -1.93. The highest BCUT2D eigenvalue weighted by atomic mass is 19.1. The van der Waals surface area contributed by atoms with Gasteiger partial charge in [-0.1, -0.05) is 0 Å². The van der Waals surface area contributed by atoms with E-state index < -0.39 is 11.6 Å². The van der Waals surface area contributed by atoms with Crippen molar-refractivity contribution in [1.29, 1.82) is 0 Å². The quantitative estimate of drug-likeness (QED) is 0.724. The highest BCUT2D eigenvalue weighted by Gasteiger charge is 2.02. The van der Waals surface area contributed by atoms with Crippen LogP contribution in [0.2, 0.25) is 0 Å². The van der Waals surface area contributed by atoms with Gasteiger partial charge in [0.05, 0.1) is 22.9 Å². The summed E-state index contributed by atoms with van der Waals surface area (Å²) in [5.41, 5.74) is 2.71. The zero-order chi connectivity index (χ0) is 12.5. The number of nitrogens with one attached hydrogen (secondary N) is 2. The van der Waals surface area contributed by atoms with E-state index >= 15 is 0 Å². The lowest BCUT2D eigenvalue weighted by Gasteiger charge is -2.06. The molecule has 0 amide bonds. The second kappa shape index (κ2) is 4.10. The number of hydrogen-bond acceptors (Lipinski definition) is 2. The molecule has 0 spiro atoms. The van der Waals surface area contributed by atoms with Gasteiger partial charge in [-0.05, 0) is 24.3 Å². The van der Waals surface area contributed by atoms with Crippen LogP contribution >= 0.6 is 0 Å². The first-order chi connectivity index (χ1) is 8.70. The Labute approximate surface area is 101 Å². The fourth-order valence-electron chi connectivity index (χ4n) is 1.80. The van der Waals surface area contributed by atoms with Crippen molar-refractivity contribution in [2.75, 3.05) is 5.32 Å². The summed E-state index contributed by atoms with van der Waals surface area (Å²) in [5, 5.41) is 2.90. The number of rotatable bonds is 2. The second-order valence-corrected chi connectivity index (χ2v) is 3.92. The van der Waals surface area contributed by atoms with Crippen LogP contribution < -0.4 is 5.32 Å². The molecular formula is C13H9F2N3. The van der Waals surface area contributed by atoms with E-state index in [1.165, 1.54) is 12.1 Å². The molecule has 0 aliphatic heterocycles. The van der Waals surface area contributed by atoms with Crippen molar-refractivity contribution >= 4 is 22.4 Å². The van der Waals surface area contributed by atoms with Gasteiger partial charge in [0.15, 0.2) is 0 Å². The molecule has 0 radical (unpaired) electrons. The number of H-pyrrole nitrogens is 1. The van der Waals surface area contributed by atoms with Crippen LogP contribution in [0.15, 0.2) is 42.7 Å².